The van der Waals surface area contributed by atoms with Gasteiger partial charge in [-0.15, -0.1) is 10.2 Å². The predicted octanol–water partition coefficient (Wildman–Crippen LogP) is 3.43. The maximum Gasteiger partial charge on any atom is 0.283 e. The van der Waals surface area contributed by atoms with Gasteiger partial charge in [-0.2, -0.15) is 0 Å². The van der Waals surface area contributed by atoms with Gasteiger partial charge >= 0.3 is 0 Å². The van der Waals surface area contributed by atoms with E-state index >= 15 is 0 Å². The zero-order chi connectivity index (χ0) is 21.1. The number of aromatic nitrogens is 2. The highest BCUT2D eigenvalue weighted by molar-refractivity contribution is 6.00. The molecule has 3 aromatic rings. The van der Waals surface area contributed by atoms with Crippen LogP contribution in [0.5, 0.6) is 0 Å². The zero-order valence-electron chi connectivity index (χ0n) is 17.1. The highest BCUT2D eigenvalue weighted by Gasteiger charge is 2.37. The van der Waals surface area contributed by atoms with Crippen LogP contribution in [0.3, 0.4) is 0 Å². The maximum absolute atomic E-state index is 13.2. The summed E-state index contributed by atoms with van der Waals surface area (Å²) >= 11 is 0. The van der Waals surface area contributed by atoms with Crippen molar-refractivity contribution in [2.45, 2.75) is 33.2 Å². The van der Waals surface area contributed by atoms with Crippen LogP contribution < -0.4 is 4.90 Å². The van der Waals surface area contributed by atoms with Crippen LogP contribution in [0.25, 0.3) is 11.7 Å². The smallest absolute Gasteiger partial charge is 0.283 e. The van der Waals surface area contributed by atoms with Gasteiger partial charge in [0.25, 0.3) is 5.89 Å². The van der Waals surface area contributed by atoms with Crippen molar-refractivity contribution >= 4 is 17.5 Å². The van der Waals surface area contributed by atoms with E-state index in [9.17, 15) is 9.59 Å². The number of carbonyl (C=O) groups excluding carboxylic acids is 2. The Hall–Kier alpha value is -3.42. The molecule has 1 atom stereocenters. The van der Waals surface area contributed by atoms with E-state index in [0.29, 0.717) is 24.7 Å². The van der Waals surface area contributed by atoms with Gasteiger partial charge in [0.15, 0.2) is 5.76 Å². The largest absolute Gasteiger partial charge is 0.459 e. The van der Waals surface area contributed by atoms with E-state index in [0.717, 1.165) is 17.7 Å². The minimum absolute atomic E-state index is 0.0356. The Morgan fingerprint density at radius 1 is 1.23 bits per heavy atom. The van der Waals surface area contributed by atoms with Crippen LogP contribution in [-0.4, -0.2) is 40.0 Å². The summed E-state index contributed by atoms with van der Waals surface area (Å²) in [7, 11) is 0. The summed E-state index contributed by atoms with van der Waals surface area (Å²) in [6.07, 6.45) is 2.52. The van der Waals surface area contributed by atoms with Crippen LogP contribution >= 0.6 is 0 Å². The van der Waals surface area contributed by atoms with Crippen LogP contribution in [0, 0.1) is 12.8 Å². The molecule has 0 aliphatic carbocycles. The van der Waals surface area contributed by atoms with Gasteiger partial charge in [-0.1, -0.05) is 24.6 Å². The number of hydrogen-bond donors (Lipinski definition) is 0. The van der Waals surface area contributed by atoms with E-state index in [-0.39, 0.29) is 30.7 Å². The summed E-state index contributed by atoms with van der Waals surface area (Å²) in [6, 6.07) is 11.2. The van der Waals surface area contributed by atoms with Gasteiger partial charge < -0.3 is 18.6 Å². The highest BCUT2D eigenvalue weighted by atomic mass is 16.4. The molecule has 1 unspecified atom stereocenters. The molecule has 0 spiro atoms. The molecule has 1 aliphatic rings. The lowest BCUT2D eigenvalue weighted by Crippen LogP contribution is -2.37. The number of amides is 2. The second-order valence-corrected chi connectivity index (χ2v) is 7.48. The van der Waals surface area contributed by atoms with Crippen molar-refractivity contribution in [3.8, 4) is 11.7 Å². The number of nitrogens with zero attached hydrogens (tertiary/aromatic N) is 4. The Bertz CT molecular complexity index is 1010. The number of rotatable bonds is 7. The SMILES string of the molecule is CCCN(Cc1nnc(-c2ccco2)o1)C(=O)C1CC(=O)N(c2ccc(C)cc2)C1. The first-order chi connectivity index (χ1) is 14.5. The Balaban J connectivity index is 1.45. The molecule has 4 rings (SSSR count). The van der Waals surface area contributed by atoms with Gasteiger partial charge in [-0.05, 0) is 37.6 Å². The minimum atomic E-state index is -0.391. The molecule has 2 aromatic heterocycles. The van der Waals surface area contributed by atoms with Crippen molar-refractivity contribution in [3.05, 3.63) is 54.1 Å². The van der Waals surface area contributed by atoms with Crippen molar-refractivity contribution in [2.24, 2.45) is 5.92 Å². The third-order valence-corrected chi connectivity index (χ3v) is 5.15. The average Bonchev–Trinajstić information content (AvgIpc) is 3.48. The molecule has 1 fully saturated rings. The topological polar surface area (TPSA) is 92.7 Å². The Morgan fingerprint density at radius 3 is 2.73 bits per heavy atom. The fourth-order valence-electron chi connectivity index (χ4n) is 3.62. The molecule has 1 aromatic carbocycles. The van der Waals surface area contributed by atoms with E-state index < -0.39 is 5.92 Å². The first kappa shape index (κ1) is 19.9. The predicted molar refractivity (Wildman–Crippen MR) is 109 cm³/mol. The van der Waals surface area contributed by atoms with Crippen molar-refractivity contribution in [1.29, 1.82) is 0 Å². The number of benzene rings is 1. The summed E-state index contributed by atoms with van der Waals surface area (Å²) in [5.41, 5.74) is 1.95. The first-order valence-corrected chi connectivity index (χ1v) is 10.1. The third kappa shape index (κ3) is 4.12. The molecule has 8 heteroatoms. The van der Waals surface area contributed by atoms with E-state index in [1.807, 2.05) is 38.1 Å². The summed E-state index contributed by atoms with van der Waals surface area (Å²) in [5, 5.41) is 8.03. The van der Waals surface area contributed by atoms with Crippen LogP contribution in [-0.2, 0) is 16.1 Å². The highest BCUT2D eigenvalue weighted by Crippen LogP contribution is 2.27. The van der Waals surface area contributed by atoms with Crippen molar-refractivity contribution < 1.29 is 18.4 Å². The Morgan fingerprint density at radius 2 is 2.03 bits per heavy atom. The van der Waals surface area contributed by atoms with Crippen molar-refractivity contribution in [2.75, 3.05) is 18.0 Å². The van der Waals surface area contributed by atoms with E-state index in [4.69, 9.17) is 8.83 Å². The molecule has 156 valence electrons. The first-order valence-electron chi connectivity index (χ1n) is 10.1. The summed E-state index contributed by atoms with van der Waals surface area (Å²) < 4.78 is 10.9. The number of carbonyl (C=O) groups is 2. The number of aryl methyl sites for hydroxylation is 1. The summed E-state index contributed by atoms with van der Waals surface area (Å²) in [5.74, 6) is 0.600. The van der Waals surface area contributed by atoms with Gasteiger partial charge in [0.1, 0.15) is 0 Å². The minimum Gasteiger partial charge on any atom is -0.459 e. The van der Waals surface area contributed by atoms with Crippen LogP contribution in [0.15, 0.2) is 51.5 Å². The molecule has 0 N–H and O–H groups in total. The van der Waals surface area contributed by atoms with Gasteiger partial charge in [0.2, 0.25) is 17.7 Å². The second-order valence-electron chi connectivity index (χ2n) is 7.48. The molecular formula is C22H24N4O4. The van der Waals surface area contributed by atoms with E-state index in [2.05, 4.69) is 10.2 Å². The van der Waals surface area contributed by atoms with Gasteiger partial charge in [0.05, 0.1) is 18.7 Å². The van der Waals surface area contributed by atoms with Crippen molar-refractivity contribution in [1.82, 2.24) is 15.1 Å². The van der Waals surface area contributed by atoms with Gasteiger partial charge in [-0.3, -0.25) is 9.59 Å². The molecule has 30 heavy (non-hydrogen) atoms. The molecule has 3 heterocycles. The molecule has 8 nitrogen and oxygen atoms in total. The molecule has 1 aliphatic heterocycles. The molecule has 2 amide bonds. The molecule has 0 radical (unpaired) electrons. The van der Waals surface area contributed by atoms with Gasteiger partial charge in [-0.25, -0.2) is 0 Å². The molecule has 1 saturated heterocycles. The monoisotopic (exact) mass is 408 g/mol. The fraction of sp³-hybridized carbons (Fsp3) is 0.364. The third-order valence-electron chi connectivity index (χ3n) is 5.15. The number of furan rings is 1. The van der Waals surface area contributed by atoms with Crippen LogP contribution in [0.2, 0.25) is 0 Å². The Kier molecular flexibility index (Phi) is 5.65. The average molecular weight is 408 g/mol. The normalized spacial score (nSPS) is 16.3. The second kappa shape index (κ2) is 8.52. The number of hydrogen-bond acceptors (Lipinski definition) is 6. The summed E-state index contributed by atoms with van der Waals surface area (Å²) in [6.45, 7) is 5.13. The molecule has 0 saturated carbocycles. The van der Waals surface area contributed by atoms with E-state index in [1.165, 1.54) is 6.26 Å². The molecule has 0 bridgehead atoms. The lowest BCUT2D eigenvalue weighted by atomic mass is 10.1. The Labute approximate surface area is 174 Å². The quantitative estimate of drug-likeness (QED) is 0.595. The lowest BCUT2D eigenvalue weighted by Gasteiger charge is -2.24. The van der Waals surface area contributed by atoms with Gasteiger partial charge in [0, 0.05) is 25.2 Å². The maximum atomic E-state index is 13.2. The van der Waals surface area contributed by atoms with Crippen LogP contribution in [0.1, 0.15) is 31.2 Å². The fourth-order valence-corrected chi connectivity index (χ4v) is 3.62. The van der Waals surface area contributed by atoms with Crippen LogP contribution in [0.4, 0.5) is 5.69 Å². The van der Waals surface area contributed by atoms with E-state index in [1.54, 1.807) is 21.9 Å². The lowest BCUT2D eigenvalue weighted by molar-refractivity contribution is -0.136. The summed E-state index contributed by atoms with van der Waals surface area (Å²) in [4.78, 5) is 29.1. The van der Waals surface area contributed by atoms with Crippen molar-refractivity contribution in [3.63, 3.8) is 0 Å². The molecular weight excluding hydrogens is 384 g/mol. The number of anilines is 1. The standard InChI is InChI=1S/C22H24N4O4/c1-3-10-25(14-19-23-24-21(30-19)18-5-4-11-29-18)22(28)16-12-20(27)26(13-16)17-8-6-15(2)7-9-17/h4-9,11,16H,3,10,12-14H2,1-2H3. The zero-order valence-corrected chi connectivity index (χ0v) is 17.1.